The highest BCUT2D eigenvalue weighted by molar-refractivity contribution is 5.85. The van der Waals surface area contributed by atoms with Gasteiger partial charge in [-0.1, -0.05) is 12.1 Å². The average molecular weight is 258 g/mol. The Balaban J connectivity index is 2.35. The lowest BCUT2D eigenvalue weighted by molar-refractivity contribution is 0.343. The number of ether oxygens (including phenoxy) is 1. The summed E-state index contributed by atoms with van der Waals surface area (Å²) in [6.45, 7) is 9.86. The van der Waals surface area contributed by atoms with E-state index < -0.39 is 0 Å². The van der Waals surface area contributed by atoms with Crippen LogP contribution in [0, 0.1) is 0 Å². The summed E-state index contributed by atoms with van der Waals surface area (Å²) in [5, 5.41) is 4.53. The lowest BCUT2D eigenvalue weighted by Crippen LogP contribution is -2.35. The van der Waals surface area contributed by atoms with Crippen LogP contribution in [0.15, 0.2) is 30.3 Å². The number of hydrogen-bond acceptors (Lipinski definition) is 3. The summed E-state index contributed by atoms with van der Waals surface area (Å²) in [5.41, 5.74) is 2.08. The predicted molar refractivity (Wildman–Crippen MR) is 79.5 cm³/mol. The normalized spacial score (nSPS) is 11.8. The average Bonchev–Trinajstić information content (AvgIpc) is 2.36. The minimum atomic E-state index is 0.0824. The minimum absolute atomic E-state index is 0.0824. The van der Waals surface area contributed by atoms with Gasteiger partial charge in [0, 0.05) is 23.5 Å². The van der Waals surface area contributed by atoms with Gasteiger partial charge in [0.05, 0.1) is 17.8 Å². The molecular formula is C16H22N2O. The minimum Gasteiger partial charge on any atom is -0.493 e. The fourth-order valence-electron chi connectivity index (χ4n) is 1.92. The van der Waals surface area contributed by atoms with Gasteiger partial charge >= 0.3 is 0 Å². The Morgan fingerprint density at radius 3 is 2.63 bits per heavy atom. The van der Waals surface area contributed by atoms with Gasteiger partial charge in [0.25, 0.3) is 0 Å². The Morgan fingerprint density at radius 1 is 1.21 bits per heavy atom. The number of pyridine rings is 1. The van der Waals surface area contributed by atoms with Crippen LogP contribution in [0.2, 0.25) is 0 Å². The molecule has 0 amide bonds. The molecule has 0 saturated carbocycles. The fourth-order valence-corrected chi connectivity index (χ4v) is 1.92. The quantitative estimate of drug-likeness (QED) is 0.911. The first-order valence-corrected chi connectivity index (χ1v) is 6.76. The lowest BCUT2D eigenvalue weighted by atomic mass is 10.1. The second-order valence-electron chi connectivity index (χ2n) is 5.67. The van der Waals surface area contributed by atoms with Crippen LogP contribution in [-0.4, -0.2) is 17.1 Å². The summed E-state index contributed by atoms with van der Waals surface area (Å²) in [7, 11) is 0. The first kappa shape index (κ1) is 13.8. The summed E-state index contributed by atoms with van der Waals surface area (Å²) in [6.07, 6.45) is 0. The molecule has 0 saturated heterocycles. The molecule has 0 bridgehead atoms. The van der Waals surface area contributed by atoms with E-state index in [2.05, 4.69) is 31.1 Å². The topological polar surface area (TPSA) is 34.1 Å². The highest BCUT2D eigenvalue weighted by Gasteiger charge is 2.11. The van der Waals surface area contributed by atoms with Crippen molar-refractivity contribution in [2.75, 3.05) is 6.61 Å². The SMILES string of the molecule is CCOc1cc(CNC(C)(C)C)nc2ccccc12. The van der Waals surface area contributed by atoms with Crippen molar-refractivity contribution in [1.82, 2.24) is 10.3 Å². The molecule has 1 aromatic carbocycles. The number of rotatable bonds is 4. The molecule has 2 rings (SSSR count). The number of nitrogens with zero attached hydrogens (tertiary/aromatic N) is 1. The number of para-hydroxylation sites is 1. The third-order valence-corrected chi connectivity index (χ3v) is 2.83. The molecule has 1 aromatic heterocycles. The Kier molecular flexibility index (Phi) is 4.05. The van der Waals surface area contributed by atoms with E-state index in [4.69, 9.17) is 4.74 Å². The van der Waals surface area contributed by atoms with Gasteiger partial charge in [0.2, 0.25) is 0 Å². The van der Waals surface area contributed by atoms with Crippen molar-refractivity contribution < 1.29 is 4.74 Å². The molecule has 3 nitrogen and oxygen atoms in total. The number of aromatic nitrogens is 1. The van der Waals surface area contributed by atoms with Crippen LogP contribution in [0.5, 0.6) is 5.75 Å². The van der Waals surface area contributed by atoms with Gasteiger partial charge in [-0.15, -0.1) is 0 Å². The van der Waals surface area contributed by atoms with E-state index in [0.717, 1.165) is 28.9 Å². The molecule has 0 spiro atoms. The maximum absolute atomic E-state index is 5.72. The highest BCUT2D eigenvalue weighted by Crippen LogP contribution is 2.25. The van der Waals surface area contributed by atoms with E-state index in [1.807, 2.05) is 37.3 Å². The first-order valence-electron chi connectivity index (χ1n) is 6.76. The zero-order chi connectivity index (χ0) is 13.9. The van der Waals surface area contributed by atoms with Crippen LogP contribution in [0.3, 0.4) is 0 Å². The van der Waals surface area contributed by atoms with Crippen molar-refractivity contribution in [2.45, 2.75) is 39.8 Å². The first-order chi connectivity index (χ1) is 8.99. The molecule has 0 aliphatic rings. The largest absolute Gasteiger partial charge is 0.493 e. The van der Waals surface area contributed by atoms with E-state index in [9.17, 15) is 0 Å². The Morgan fingerprint density at radius 2 is 1.95 bits per heavy atom. The molecule has 1 heterocycles. The van der Waals surface area contributed by atoms with E-state index in [1.54, 1.807) is 0 Å². The van der Waals surface area contributed by atoms with Crippen molar-refractivity contribution in [3.8, 4) is 5.75 Å². The zero-order valence-electron chi connectivity index (χ0n) is 12.2. The lowest BCUT2D eigenvalue weighted by Gasteiger charge is -2.20. The van der Waals surface area contributed by atoms with Gasteiger partial charge in [-0.05, 0) is 39.8 Å². The van der Waals surface area contributed by atoms with Crippen molar-refractivity contribution in [3.63, 3.8) is 0 Å². The number of nitrogens with one attached hydrogen (secondary N) is 1. The monoisotopic (exact) mass is 258 g/mol. The predicted octanol–water partition coefficient (Wildman–Crippen LogP) is 3.52. The van der Waals surface area contributed by atoms with E-state index >= 15 is 0 Å². The molecule has 3 heteroatoms. The van der Waals surface area contributed by atoms with Crippen LogP contribution in [0.4, 0.5) is 0 Å². The van der Waals surface area contributed by atoms with Gasteiger partial charge in [-0.3, -0.25) is 4.98 Å². The van der Waals surface area contributed by atoms with Crippen molar-refractivity contribution in [3.05, 3.63) is 36.0 Å². The molecule has 0 unspecified atom stereocenters. The third kappa shape index (κ3) is 3.67. The fraction of sp³-hybridized carbons (Fsp3) is 0.438. The molecule has 2 aromatic rings. The van der Waals surface area contributed by atoms with E-state index in [1.165, 1.54) is 0 Å². The molecule has 1 N–H and O–H groups in total. The molecule has 0 fully saturated rings. The summed E-state index contributed by atoms with van der Waals surface area (Å²) in [5.74, 6) is 0.916. The third-order valence-electron chi connectivity index (χ3n) is 2.83. The van der Waals surface area contributed by atoms with E-state index in [0.29, 0.717) is 6.61 Å². The van der Waals surface area contributed by atoms with Gasteiger partial charge in [-0.2, -0.15) is 0 Å². The number of fused-ring (bicyclic) bond motifs is 1. The maximum atomic E-state index is 5.72. The van der Waals surface area contributed by atoms with Crippen LogP contribution in [0.1, 0.15) is 33.4 Å². The molecule has 0 aliphatic heterocycles. The summed E-state index contributed by atoms with van der Waals surface area (Å²) in [6, 6.07) is 10.1. The van der Waals surface area contributed by atoms with Crippen molar-refractivity contribution in [2.24, 2.45) is 0 Å². The van der Waals surface area contributed by atoms with Crippen LogP contribution in [-0.2, 0) is 6.54 Å². The summed E-state index contributed by atoms with van der Waals surface area (Å²) < 4.78 is 5.72. The van der Waals surface area contributed by atoms with Crippen LogP contribution >= 0.6 is 0 Å². The maximum Gasteiger partial charge on any atom is 0.130 e. The Hall–Kier alpha value is -1.61. The number of benzene rings is 1. The molecular weight excluding hydrogens is 236 g/mol. The van der Waals surface area contributed by atoms with Gasteiger partial charge in [0.1, 0.15) is 5.75 Å². The molecule has 102 valence electrons. The molecule has 0 aliphatic carbocycles. The Labute approximate surface area is 115 Å². The highest BCUT2D eigenvalue weighted by atomic mass is 16.5. The van der Waals surface area contributed by atoms with Crippen molar-refractivity contribution in [1.29, 1.82) is 0 Å². The van der Waals surface area contributed by atoms with E-state index in [-0.39, 0.29) is 5.54 Å². The molecule has 0 radical (unpaired) electrons. The van der Waals surface area contributed by atoms with Gasteiger partial charge in [-0.25, -0.2) is 0 Å². The van der Waals surface area contributed by atoms with Gasteiger partial charge < -0.3 is 10.1 Å². The van der Waals surface area contributed by atoms with Crippen LogP contribution < -0.4 is 10.1 Å². The van der Waals surface area contributed by atoms with Gasteiger partial charge in [0.15, 0.2) is 0 Å². The molecule has 0 atom stereocenters. The zero-order valence-corrected chi connectivity index (χ0v) is 12.2. The van der Waals surface area contributed by atoms with Crippen LogP contribution in [0.25, 0.3) is 10.9 Å². The molecule has 19 heavy (non-hydrogen) atoms. The second-order valence-corrected chi connectivity index (χ2v) is 5.67. The number of hydrogen-bond donors (Lipinski definition) is 1. The standard InChI is InChI=1S/C16H22N2O/c1-5-19-15-10-12(11-17-16(2,3)4)18-14-9-7-6-8-13(14)15/h6-10,17H,5,11H2,1-4H3. The second kappa shape index (κ2) is 5.57. The smallest absolute Gasteiger partial charge is 0.130 e. The summed E-state index contributed by atoms with van der Waals surface area (Å²) in [4.78, 5) is 4.68. The van der Waals surface area contributed by atoms with Crippen molar-refractivity contribution >= 4 is 10.9 Å². The Bertz CT molecular complexity index is 558. The summed E-state index contributed by atoms with van der Waals surface area (Å²) >= 11 is 0.